The maximum atomic E-state index is 12.1. The van der Waals surface area contributed by atoms with Crippen LogP contribution in [-0.2, 0) is 4.74 Å². The van der Waals surface area contributed by atoms with Crippen molar-refractivity contribution in [3.8, 4) is 0 Å². The molecule has 0 radical (unpaired) electrons. The van der Waals surface area contributed by atoms with Crippen molar-refractivity contribution in [2.45, 2.75) is 26.0 Å². The minimum atomic E-state index is -0.0734. The normalized spacial score (nSPS) is 25.5. The van der Waals surface area contributed by atoms with Gasteiger partial charge in [0.2, 0.25) is 0 Å². The predicted molar refractivity (Wildman–Crippen MR) is 57.9 cm³/mol. The van der Waals surface area contributed by atoms with E-state index in [1.807, 2.05) is 13.8 Å². The van der Waals surface area contributed by atoms with Gasteiger partial charge in [-0.2, -0.15) is 0 Å². The fourth-order valence-corrected chi connectivity index (χ4v) is 1.74. The van der Waals surface area contributed by atoms with E-state index in [1.54, 1.807) is 11.1 Å². The van der Waals surface area contributed by atoms with Crippen molar-refractivity contribution in [3.63, 3.8) is 0 Å². The third-order valence-corrected chi connectivity index (χ3v) is 2.65. The van der Waals surface area contributed by atoms with E-state index in [0.717, 1.165) is 0 Å². The van der Waals surface area contributed by atoms with Crippen molar-refractivity contribution in [2.75, 3.05) is 13.2 Å². The van der Waals surface area contributed by atoms with Gasteiger partial charge in [-0.25, -0.2) is 4.98 Å². The summed E-state index contributed by atoms with van der Waals surface area (Å²) in [5, 5.41) is 0. The van der Waals surface area contributed by atoms with Gasteiger partial charge in [-0.15, -0.1) is 0 Å². The average Bonchev–Trinajstić information content (AvgIpc) is 2.32. The highest BCUT2D eigenvalue weighted by molar-refractivity contribution is 5.92. The molecule has 5 nitrogen and oxygen atoms in total. The third kappa shape index (κ3) is 2.19. The smallest absolute Gasteiger partial charge is 0.274 e. The van der Waals surface area contributed by atoms with Gasteiger partial charge in [0.05, 0.1) is 24.9 Å². The lowest BCUT2D eigenvalue weighted by atomic mass is 10.2. The molecule has 0 aromatic carbocycles. The summed E-state index contributed by atoms with van der Waals surface area (Å²) in [5.74, 6) is -0.0734. The zero-order valence-electron chi connectivity index (χ0n) is 9.46. The van der Waals surface area contributed by atoms with Crippen molar-refractivity contribution >= 4 is 5.91 Å². The Morgan fingerprint density at radius 3 is 3.00 bits per heavy atom. The van der Waals surface area contributed by atoms with E-state index < -0.39 is 0 Å². The lowest BCUT2D eigenvalue weighted by Crippen LogP contribution is -2.50. The van der Waals surface area contributed by atoms with Crippen LogP contribution in [0, 0.1) is 0 Å². The van der Waals surface area contributed by atoms with Crippen molar-refractivity contribution in [2.24, 2.45) is 0 Å². The van der Waals surface area contributed by atoms with Crippen molar-refractivity contribution in [1.82, 2.24) is 14.9 Å². The van der Waals surface area contributed by atoms with Gasteiger partial charge in [-0.1, -0.05) is 0 Å². The Kier molecular flexibility index (Phi) is 3.14. The predicted octanol–water partition coefficient (Wildman–Crippen LogP) is 0.726. The fourth-order valence-electron chi connectivity index (χ4n) is 1.74. The number of morpholine rings is 1. The average molecular weight is 221 g/mol. The number of carbonyl (C=O) groups is 1. The summed E-state index contributed by atoms with van der Waals surface area (Å²) in [6.07, 6.45) is 4.66. The zero-order valence-corrected chi connectivity index (χ0v) is 9.46. The van der Waals surface area contributed by atoms with Gasteiger partial charge < -0.3 is 9.64 Å². The Balaban J connectivity index is 2.15. The number of hydrogen-bond acceptors (Lipinski definition) is 4. The van der Waals surface area contributed by atoms with Crippen LogP contribution in [0.5, 0.6) is 0 Å². The van der Waals surface area contributed by atoms with Crippen molar-refractivity contribution < 1.29 is 9.53 Å². The molecule has 5 heteroatoms. The van der Waals surface area contributed by atoms with E-state index in [-0.39, 0.29) is 18.1 Å². The van der Waals surface area contributed by atoms with Crippen molar-refractivity contribution in [3.05, 3.63) is 24.3 Å². The van der Waals surface area contributed by atoms with Crippen LogP contribution in [0.1, 0.15) is 24.3 Å². The molecule has 1 aliphatic rings. The molecule has 1 fully saturated rings. The first-order valence-corrected chi connectivity index (χ1v) is 5.37. The second kappa shape index (κ2) is 4.57. The number of ether oxygens (including phenoxy) is 1. The molecule has 2 rings (SSSR count). The summed E-state index contributed by atoms with van der Waals surface area (Å²) in [6.45, 7) is 5.12. The highest BCUT2D eigenvalue weighted by Crippen LogP contribution is 2.13. The molecule has 1 saturated heterocycles. The molecular formula is C11H15N3O2. The van der Waals surface area contributed by atoms with Crippen LogP contribution in [0.3, 0.4) is 0 Å². The molecule has 1 amide bonds. The summed E-state index contributed by atoms with van der Waals surface area (Å²) in [6, 6.07) is 0.0886. The lowest BCUT2D eigenvalue weighted by molar-refractivity contribution is -0.0389. The van der Waals surface area contributed by atoms with E-state index in [1.165, 1.54) is 12.4 Å². The number of rotatable bonds is 1. The highest BCUT2D eigenvalue weighted by Gasteiger charge is 2.28. The second-order valence-corrected chi connectivity index (χ2v) is 4.04. The number of nitrogens with zero attached hydrogens (tertiary/aromatic N) is 3. The van der Waals surface area contributed by atoms with Gasteiger partial charge in [0.1, 0.15) is 5.69 Å². The van der Waals surface area contributed by atoms with Crippen LogP contribution < -0.4 is 0 Å². The molecule has 0 N–H and O–H groups in total. The summed E-state index contributed by atoms with van der Waals surface area (Å²) in [4.78, 5) is 21.8. The molecule has 0 spiro atoms. The topological polar surface area (TPSA) is 55.3 Å². The van der Waals surface area contributed by atoms with Gasteiger partial charge in [0.15, 0.2) is 0 Å². The quantitative estimate of drug-likeness (QED) is 0.701. The zero-order chi connectivity index (χ0) is 11.5. The molecule has 0 saturated carbocycles. The number of amides is 1. The van der Waals surface area contributed by atoms with Crippen LogP contribution >= 0.6 is 0 Å². The number of carbonyl (C=O) groups excluding carboxylic acids is 1. The van der Waals surface area contributed by atoms with Crippen LogP contribution in [0.15, 0.2) is 18.6 Å². The van der Waals surface area contributed by atoms with E-state index in [4.69, 9.17) is 4.74 Å². The van der Waals surface area contributed by atoms with E-state index in [9.17, 15) is 4.79 Å². The molecule has 16 heavy (non-hydrogen) atoms. The van der Waals surface area contributed by atoms with Crippen LogP contribution in [-0.4, -0.2) is 46.1 Å². The SMILES string of the molecule is C[C@@H]1CO[C@@H](C)CN1C(=O)c1cnccn1. The molecule has 0 bridgehead atoms. The molecule has 1 aromatic rings. The lowest BCUT2D eigenvalue weighted by Gasteiger charge is -2.36. The van der Waals surface area contributed by atoms with E-state index in [0.29, 0.717) is 18.8 Å². The summed E-state index contributed by atoms with van der Waals surface area (Å²) < 4.78 is 5.48. The Bertz CT molecular complexity index is 369. The Labute approximate surface area is 94.5 Å². The van der Waals surface area contributed by atoms with Gasteiger partial charge in [-0.3, -0.25) is 9.78 Å². The largest absolute Gasteiger partial charge is 0.375 e. The molecule has 2 heterocycles. The van der Waals surface area contributed by atoms with Crippen LogP contribution in [0.2, 0.25) is 0 Å². The highest BCUT2D eigenvalue weighted by atomic mass is 16.5. The number of hydrogen-bond donors (Lipinski definition) is 0. The molecule has 86 valence electrons. The minimum absolute atomic E-state index is 0.0734. The number of aromatic nitrogens is 2. The molecule has 2 atom stereocenters. The van der Waals surface area contributed by atoms with Gasteiger partial charge in [0, 0.05) is 18.9 Å². The maximum Gasteiger partial charge on any atom is 0.274 e. The third-order valence-electron chi connectivity index (χ3n) is 2.65. The summed E-state index contributed by atoms with van der Waals surface area (Å²) in [5.41, 5.74) is 0.392. The van der Waals surface area contributed by atoms with Crippen LogP contribution in [0.4, 0.5) is 0 Å². The second-order valence-electron chi connectivity index (χ2n) is 4.04. The van der Waals surface area contributed by atoms with Gasteiger partial charge in [-0.05, 0) is 13.8 Å². The molecule has 0 aliphatic carbocycles. The summed E-state index contributed by atoms with van der Waals surface area (Å²) >= 11 is 0. The van der Waals surface area contributed by atoms with E-state index in [2.05, 4.69) is 9.97 Å². The summed E-state index contributed by atoms with van der Waals surface area (Å²) in [7, 11) is 0. The van der Waals surface area contributed by atoms with E-state index >= 15 is 0 Å². The van der Waals surface area contributed by atoms with Crippen molar-refractivity contribution in [1.29, 1.82) is 0 Å². The molecule has 1 aliphatic heterocycles. The maximum absolute atomic E-state index is 12.1. The fraction of sp³-hybridized carbons (Fsp3) is 0.545. The van der Waals surface area contributed by atoms with Gasteiger partial charge >= 0.3 is 0 Å². The molecule has 0 unspecified atom stereocenters. The molecule has 1 aromatic heterocycles. The standard InChI is InChI=1S/C11H15N3O2/c1-8-7-16-9(2)6-14(8)11(15)10-5-12-3-4-13-10/h3-5,8-9H,6-7H2,1-2H3/t8-,9+/m1/s1. The molecular weight excluding hydrogens is 206 g/mol. The van der Waals surface area contributed by atoms with Crippen LogP contribution in [0.25, 0.3) is 0 Å². The first kappa shape index (κ1) is 11.0. The first-order valence-electron chi connectivity index (χ1n) is 5.37. The Morgan fingerprint density at radius 1 is 1.50 bits per heavy atom. The Hall–Kier alpha value is -1.49. The minimum Gasteiger partial charge on any atom is -0.375 e. The first-order chi connectivity index (χ1) is 7.68. The monoisotopic (exact) mass is 221 g/mol. The Morgan fingerprint density at radius 2 is 2.31 bits per heavy atom. The van der Waals surface area contributed by atoms with Gasteiger partial charge in [0.25, 0.3) is 5.91 Å².